The molecule has 13 heteroatoms. The van der Waals surface area contributed by atoms with Gasteiger partial charge in [-0.25, -0.2) is 24.1 Å². The fraction of sp³-hybridized carbons (Fsp3) is 0.240. The van der Waals surface area contributed by atoms with Gasteiger partial charge in [0.05, 0.1) is 22.7 Å². The molecule has 0 radical (unpaired) electrons. The number of aromatic amines is 1. The number of hydrogen-bond donors (Lipinski definition) is 3. The molecule has 1 unspecified atom stereocenters. The second-order valence-corrected chi connectivity index (χ2v) is 9.75. The first-order chi connectivity index (χ1) is 18.3. The smallest absolute Gasteiger partial charge is 0.292 e. The maximum atomic E-state index is 13.1. The van der Waals surface area contributed by atoms with Gasteiger partial charge < -0.3 is 0 Å². The monoisotopic (exact) mass is 533 g/mol. The lowest BCUT2D eigenvalue weighted by atomic mass is 10.1. The number of aromatic nitrogens is 7. The summed E-state index contributed by atoms with van der Waals surface area (Å²) < 4.78 is 14.7. The maximum absolute atomic E-state index is 13.1. The van der Waals surface area contributed by atoms with Crippen LogP contribution in [0.2, 0.25) is 0 Å². The zero-order chi connectivity index (χ0) is 26.8. The Morgan fingerprint density at radius 2 is 1.97 bits per heavy atom. The van der Waals surface area contributed by atoms with Crippen molar-refractivity contribution in [3.63, 3.8) is 0 Å². The summed E-state index contributed by atoms with van der Waals surface area (Å²) in [6.07, 6.45) is 1.88. The van der Waals surface area contributed by atoms with Crippen LogP contribution < -0.4 is 10.6 Å². The van der Waals surface area contributed by atoms with Crippen LogP contribution in [0.25, 0.3) is 16.6 Å². The van der Waals surface area contributed by atoms with Crippen molar-refractivity contribution in [3.8, 4) is 0 Å². The first-order valence-corrected chi connectivity index (χ1v) is 12.7. The van der Waals surface area contributed by atoms with Gasteiger partial charge >= 0.3 is 6.03 Å². The third-order valence-corrected chi connectivity index (χ3v) is 7.23. The predicted molar refractivity (Wildman–Crippen MR) is 140 cm³/mol. The highest BCUT2D eigenvalue weighted by Gasteiger charge is 2.24. The van der Waals surface area contributed by atoms with Crippen molar-refractivity contribution in [2.24, 2.45) is 0 Å². The Morgan fingerprint density at radius 1 is 1.16 bits per heavy atom. The maximum Gasteiger partial charge on any atom is 0.327 e. The van der Waals surface area contributed by atoms with Crippen molar-refractivity contribution in [2.75, 3.05) is 5.32 Å². The van der Waals surface area contributed by atoms with E-state index in [4.69, 9.17) is 15.1 Å². The molecule has 1 atom stereocenters. The van der Waals surface area contributed by atoms with Crippen molar-refractivity contribution >= 4 is 46.1 Å². The molecule has 5 rings (SSSR count). The number of para-hydroxylation sites is 1. The zero-order valence-electron chi connectivity index (χ0n) is 20.8. The first-order valence-electron chi connectivity index (χ1n) is 11.9. The third kappa shape index (κ3) is 5.18. The quantitative estimate of drug-likeness (QED) is 0.211. The van der Waals surface area contributed by atoms with Crippen LogP contribution >= 0.6 is 11.8 Å². The Hall–Kier alpha value is -4.39. The number of fused-ring (bicyclic) bond motifs is 3. The number of thioether (sulfide) groups is 1. The molecule has 0 fully saturated rings. The van der Waals surface area contributed by atoms with E-state index in [2.05, 4.69) is 25.8 Å². The van der Waals surface area contributed by atoms with Crippen molar-refractivity contribution < 1.29 is 14.0 Å². The van der Waals surface area contributed by atoms with Gasteiger partial charge in [0.15, 0.2) is 16.6 Å². The molecule has 1 aromatic carbocycles. The number of carbonyl (C=O) groups excluding carboxylic acids is 2. The van der Waals surface area contributed by atoms with Crippen LogP contribution in [0, 0.1) is 19.7 Å². The van der Waals surface area contributed by atoms with Crippen LogP contribution in [0.3, 0.4) is 0 Å². The number of amides is 3. The van der Waals surface area contributed by atoms with Gasteiger partial charge in [-0.05, 0) is 44.5 Å². The van der Waals surface area contributed by atoms with Gasteiger partial charge in [0, 0.05) is 23.1 Å². The normalized spacial score (nSPS) is 12.1. The minimum atomic E-state index is -0.765. The molecule has 0 aliphatic rings. The number of anilines is 1. The summed E-state index contributed by atoms with van der Waals surface area (Å²) in [6, 6.07) is 9.29. The number of nitrogens with one attached hydrogen (secondary N) is 3. The molecule has 11 nitrogen and oxygen atoms in total. The SMILES string of the molecule is CCC(Sc1nc2ccccc2c2nc(Cc3c(C)n[nH]c3C)nn12)C(=O)NC(=O)Nc1ccc(F)cn1. The zero-order valence-corrected chi connectivity index (χ0v) is 21.6. The van der Waals surface area contributed by atoms with E-state index in [0.717, 1.165) is 34.6 Å². The molecular formula is C25H24FN9O2S. The number of benzene rings is 1. The van der Waals surface area contributed by atoms with Gasteiger partial charge in [-0.15, -0.1) is 5.10 Å². The summed E-state index contributed by atoms with van der Waals surface area (Å²) in [7, 11) is 0. The van der Waals surface area contributed by atoms with Gasteiger partial charge in [0.25, 0.3) is 0 Å². The molecule has 38 heavy (non-hydrogen) atoms. The number of aryl methyl sites for hydroxylation is 2. The second kappa shape index (κ2) is 10.5. The number of H-pyrrole nitrogens is 1. The largest absolute Gasteiger partial charge is 0.327 e. The summed E-state index contributed by atoms with van der Waals surface area (Å²) in [5.74, 6) is -0.324. The van der Waals surface area contributed by atoms with Crippen molar-refractivity contribution in [3.05, 3.63) is 71.2 Å². The van der Waals surface area contributed by atoms with Crippen molar-refractivity contribution in [1.82, 2.24) is 40.1 Å². The van der Waals surface area contributed by atoms with E-state index in [1.54, 1.807) is 4.52 Å². The minimum absolute atomic E-state index is 0.119. The molecule has 4 heterocycles. The van der Waals surface area contributed by atoms with Crippen LogP contribution in [0.1, 0.15) is 36.1 Å². The average molecular weight is 534 g/mol. The van der Waals surface area contributed by atoms with E-state index in [9.17, 15) is 14.0 Å². The fourth-order valence-corrected chi connectivity index (χ4v) is 4.92. The van der Waals surface area contributed by atoms with Gasteiger partial charge in [0.2, 0.25) is 5.91 Å². The van der Waals surface area contributed by atoms with E-state index in [1.807, 2.05) is 45.0 Å². The molecule has 0 saturated heterocycles. The molecule has 0 aliphatic heterocycles. The van der Waals surface area contributed by atoms with Gasteiger partial charge in [-0.2, -0.15) is 9.61 Å². The Labute approximate surface area is 220 Å². The summed E-state index contributed by atoms with van der Waals surface area (Å²) in [6.45, 7) is 5.72. The predicted octanol–water partition coefficient (Wildman–Crippen LogP) is 3.96. The molecule has 3 amide bonds. The first kappa shape index (κ1) is 25.3. The third-order valence-electron chi connectivity index (χ3n) is 5.93. The van der Waals surface area contributed by atoms with Crippen molar-refractivity contribution in [1.29, 1.82) is 0 Å². The molecule has 0 bridgehead atoms. The highest BCUT2D eigenvalue weighted by Crippen LogP contribution is 2.28. The van der Waals surface area contributed by atoms with E-state index >= 15 is 0 Å². The number of urea groups is 1. The molecule has 0 aliphatic carbocycles. The lowest BCUT2D eigenvalue weighted by Crippen LogP contribution is -2.40. The topological polar surface area (TPSA) is 143 Å². The molecular weight excluding hydrogens is 509 g/mol. The lowest BCUT2D eigenvalue weighted by molar-refractivity contribution is -0.119. The number of hydrogen-bond acceptors (Lipinski definition) is 8. The number of nitrogens with zero attached hydrogens (tertiary/aromatic N) is 6. The standard InChI is InChI=1S/C25H24FN9O2S/c1-4-19(23(36)31-24(37)30-20-10-9-15(26)12-27-20)38-25-28-18-8-6-5-7-16(18)22-29-21(34-35(22)25)11-17-13(2)32-33-14(17)3/h5-10,12,19H,4,11H2,1-3H3,(H,32,33)(H2,27,30,31,36,37). The Bertz CT molecular complexity index is 1630. The number of pyridine rings is 1. The Balaban J connectivity index is 1.41. The van der Waals surface area contributed by atoms with Crippen LogP contribution in [-0.2, 0) is 11.2 Å². The summed E-state index contributed by atoms with van der Waals surface area (Å²) in [5.41, 5.74) is 4.21. The van der Waals surface area contributed by atoms with Crippen molar-refractivity contribution in [2.45, 2.75) is 44.0 Å². The van der Waals surface area contributed by atoms with E-state index in [1.165, 1.54) is 17.8 Å². The number of rotatable bonds is 7. The molecule has 0 saturated carbocycles. The fourth-order valence-electron chi connectivity index (χ4n) is 3.96. The molecule has 4 aromatic heterocycles. The van der Waals surface area contributed by atoms with Gasteiger partial charge in [-0.1, -0.05) is 30.8 Å². The lowest BCUT2D eigenvalue weighted by Gasteiger charge is -2.14. The van der Waals surface area contributed by atoms with E-state index < -0.39 is 23.0 Å². The average Bonchev–Trinajstić information content (AvgIpc) is 3.47. The van der Waals surface area contributed by atoms with Crippen LogP contribution in [0.15, 0.2) is 47.8 Å². The molecule has 194 valence electrons. The molecule has 5 aromatic rings. The molecule has 3 N–H and O–H groups in total. The number of imide groups is 1. The number of halogens is 1. The Morgan fingerprint density at radius 3 is 2.68 bits per heavy atom. The van der Waals surface area contributed by atoms with Crippen LogP contribution in [0.5, 0.6) is 0 Å². The van der Waals surface area contributed by atoms with E-state index in [0.29, 0.717) is 35.0 Å². The van der Waals surface area contributed by atoms with Crippen LogP contribution in [-0.4, -0.2) is 52.0 Å². The highest BCUT2D eigenvalue weighted by atomic mass is 32.2. The number of carbonyl (C=O) groups is 2. The molecule has 0 spiro atoms. The van der Waals surface area contributed by atoms with E-state index in [-0.39, 0.29) is 5.82 Å². The summed E-state index contributed by atoms with van der Waals surface area (Å²) in [5, 5.41) is 17.4. The second-order valence-electron chi connectivity index (χ2n) is 8.58. The summed E-state index contributed by atoms with van der Waals surface area (Å²) >= 11 is 1.19. The van der Waals surface area contributed by atoms with Gasteiger partial charge in [-0.3, -0.25) is 20.5 Å². The van der Waals surface area contributed by atoms with Gasteiger partial charge in [0.1, 0.15) is 11.6 Å². The Kier molecular flexibility index (Phi) is 7.01. The highest BCUT2D eigenvalue weighted by molar-refractivity contribution is 8.00. The minimum Gasteiger partial charge on any atom is -0.292 e. The van der Waals surface area contributed by atoms with Crippen LogP contribution in [0.4, 0.5) is 15.0 Å². The summed E-state index contributed by atoms with van der Waals surface area (Å²) in [4.78, 5) is 38.6.